The Morgan fingerprint density at radius 3 is 1.71 bits per heavy atom. The number of benzene rings is 10. The van der Waals surface area contributed by atoms with Crippen LogP contribution in [0.2, 0.25) is 0 Å². The maximum absolute atomic E-state index is 6.83. The quantitative estimate of drug-likeness (QED) is 0.160. The van der Waals surface area contributed by atoms with E-state index in [1.807, 2.05) is 0 Å². The van der Waals surface area contributed by atoms with Gasteiger partial charge in [-0.1, -0.05) is 170 Å². The standard InChI is InChI=1S/C54H35NO/c1-2-11-36(12-3-1)37-21-23-41(24-22-37)49-33-34-51(53-50-18-8-9-20-52(50)56-54(49)53)55(44-31-32-48-42(35-44)26-25-39-14-5-7-17-46(39)48)43-29-27-40(28-30-43)47-19-10-15-38-13-4-6-16-45(38)47/h1-35H. The Hall–Kier alpha value is -7.42. The topological polar surface area (TPSA) is 16.4 Å². The smallest absolute Gasteiger partial charge is 0.145 e. The summed E-state index contributed by atoms with van der Waals surface area (Å²) in [5.74, 6) is 0. The molecular formula is C54H35NO. The molecule has 262 valence electrons. The van der Waals surface area contributed by atoms with Gasteiger partial charge in [0.2, 0.25) is 0 Å². The Kier molecular flexibility index (Phi) is 7.53. The fourth-order valence-corrected chi connectivity index (χ4v) is 8.53. The first-order valence-corrected chi connectivity index (χ1v) is 19.2. The van der Waals surface area contributed by atoms with Crippen LogP contribution < -0.4 is 4.90 Å². The van der Waals surface area contributed by atoms with Crippen molar-refractivity contribution in [3.63, 3.8) is 0 Å². The molecule has 0 atom stereocenters. The highest BCUT2D eigenvalue weighted by Gasteiger charge is 2.23. The van der Waals surface area contributed by atoms with Gasteiger partial charge in [0.15, 0.2) is 0 Å². The van der Waals surface area contributed by atoms with E-state index in [1.165, 1.54) is 54.6 Å². The molecule has 11 aromatic rings. The van der Waals surface area contributed by atoms with Crippen molar-refractivity contribution in [1.82, 2.24) is 0 Å². The fraction of sp³-hybridized carbons (Fsp3) is 0. The van der Waals surface area contributed by atoms with Gasteiger partial charge < -0.3 is 9.32 Å². The zero-order valence-corrected chi connectivity index (χ0v) is 30.6. The molecule has 11 rings (SSSR count). The maximum atomic E-state index is 6.83. The molecule has 0 aliphatic carbocycles. The number of rotatable bonds is 6. The predicted molar refractivity (Wildman–Crippen MR) is 237 cm³/mol. The van der Waals surface area contributed by atoms with Gasteiger partial charge in [0.05, 0.1) is 11.1 Å². The molecule has 0 unspecified atom stereocenters. The van der Waals surface area contributed by atoms with E-state index in [9.17, 15) is 0 Å². The monoisotopic (exact) mass is 713 g/mol. The molecular weight excluding hydrogens is 679 g/mol. The minimum Gasteiger partial charge on any atom is -0.455 e. The first-order chi connectivity index (χ1) is 27.8. The van der Waals surface area contributed by atoms with E-state index < -0.39 is 0 Å². The Morgan fingerprint density at radius 1 is 0.321 bits per heavy atom. The van der Waals surface area contributed by atoms with Gasteiger partial charge >= 0.3 is 0 Å². The summed E-state index contributed by atoms with van der Waals surface area (Å²) in [5.41, 5.74) is 11.9. The Morgan fingerprint density at radius 2 is 0.893 bits per heavy atom. The number of anilines is 3. The lowest BCUT2D eigenvalue weighted by atomic mass is 9.96. The molecule has 10 aromatic carbocycles. The molecule has 0 saturated heterocycles. The van der Waals surface area contributed by atoms with Crippen LogP contribution in [0.15, 0.2) is 217 Å². The zero-order chi connectivity index (χ0) is 37.0. The normalized spacial score (nSPS) is 11.6. The molecule has 1 aromatic heterocycles. The number of hydrogen-bond donors (Lipinski definition) is 0. The van der Waals surface area contributed by atoms with Crippen LogP contribution in [0, 0.1) is 0 Å². The molecule has 0 spiro atoms. The van der Waals surface area contributed by atoms with Crippen LogP contribution in [0.4, 0.5) is 17.1 Å². The Labute approximate surface area is 325 Å². The van der Waals surface area contributed by atoms with Crippen LogP contribution in [0.5, 0.6) is 0 Å². The van der Waals surface area contributed by atoms with E-state index in [0.29, 0.717) is 0 Å². The SMILES string of the molecule is c1ccc(-c2ccc(-c3ccc(N(c4ccc(-c5cccc6ccccc56)cc4)c4ccc5c(ccc6ccccc65)c4)c4c3oc3ccccc34)cc2)cc1. The lowest BCUT2D eigenvalue weighted by molar-refractivity contribution is 0.670. The molecule has 0 bridgehead atoms. The highest BCUT2D eigenvalue weighted by molar-refractivity contribution is 6.17. The molecule has 0 aliphatic heterocycles. The van der Waals surface area contributed by atoms with Gasteiger partial charge in [0, 0.05) is 22.3 Å². The minimum atomic E-state index is 0.869. The average molecular weight is 714 g/mol. The van der Waals surface area contributed by atoms with Crippen molar-refractivity contribution < 1.29 is 4.42 Å². The lowest BCUT2D eigenvalue weighted by Gasteiger charge is -2.27. The first-order valence-electron chi connectivity index (χ1n) is 19.2. The molecule has 0 amide bonds. The Balaban J connectivity index is 1.12. The van der Waals surface area contributed by atoms with E-state index >= 15 is 0 Å². The van der Waals surface area contributed by atoms with Gasteiger partial charge in [0.25, 0.3) is 0 Å². The molecule has 2 nitrogen and oxygen atoms in total. The summed E-state index contributed by atoms with van der Waals surface area (Å²) in [6.07, 6.45) is 0. The Bertz CT molecular complexity index is 3230. The van der Waals surface area contributed by atoms with Crippen molar-refractivity contribution in [3.8, 4) is 33.4 Å². The van der Waals surface area contributed by atoms with Gasteiger partial charge in [-0.2, -0.15) is 0 Å². The average Bonchev–Trinajstić information content (AvgIpc) is 3.67. The predicted octanol–water partition coefficient (Wildman–Crippen LogP) is 15.5. The highest BCUT2D eigenvalue weighted by atomic mass is 16.3. The van der Waals surface area contributed by atoms with Gasteiger partial charge in [-0.3, -0.25) is 0 Å². The van der Waals surface area contributed by atoms with Crippen LogP contribution in [-0.2, 0) is 0 Å². The second kappa shape index (κ2) is 13.2. The number of fused-ring (bicyclic) bond motifs is 7. The highest BCUT2D eigenvalue weighted by Crippen LogP contribution is 2.47. The van der Waals surface area contributed by atoms with Crippen molar-refractivity contribution in [2.45, 2.75) is 0 Å². The van der Waals surface area contributed by atoms with Gasteiger partial charge in [-0.05, 0) is 103 Å². The number of hydrogen-bond acceptors (Lipinski definition) is 2. The summed E-state index contributed by atoms with van der Waals surface area (Å²) < 4.78 is 6.83. The van der Waals surface area contributed by atoms with Crippen LogP contribution in [0.25, 0.3) is 87.6 Å². The molecule has 2 heteroatoms. The largest absolute Gasteiger partial charge is 0.455 e. The number of para-hydroxylation sites is 1. The minimum absolute atomic E-state index is 0.869. The molecule has 0 radical (unpaired) electrons. The van der Waals surface area contributed by atoms with E-state index in [-0.39, 0.29) is 0 Å². The number of nitrogens with zero attached hydrogens (tertiary/aromatic N) is 1. The third-order valence-corrected chi connectivity index (χ3v) is 11.3. The van der Waals surface area contributed by atoms with Crippen LogP contribution in [0.1, 0.15) is 0 Å². The summed E-state index contributed by atoms with van der Waals surface area (Å²) in [5, 5.41) is 9.60. The van der Waals surface area contributed by atoms with Crippen molar-refractivity contribution in [2.24, 2.45) is 0 Å². The third kappa shape index (κ3) is 5.34. The van der Waals surface area contributed by atoms with Crippen molar-refractivity contribution in [3.05, 3.63) is 212 Å². The van der Waals surface area contributed by atoms with Crippen LogP contribution in [0.3, 0.4) is 0 Å². The number of furan rings is 1. The van der Waals surface area contributed by atoms with Crippen molar-refractivity contribution in [2.75, 3.05) is 4.90 Å². The van der Waals surface area contributed by atoms with Gasteiger partial charge in [-0.25, -0.2) is 0 Å². The maximum Gasteiger partial charge on any atom is 0.145 e. The van der Waals surface area contributed by atoms with Gasteiger partial charge in [-0.15, -0.1) is 0 Å². The molecule has 0 saturated carbocycles. The van der Waals surface area contributed by atoms with E-state index in [4.69, 9.17) is 4.42 Å². The summed E-state index contributed by atoms with van der Waals surface area (Å²) in [6, 6.07) is 76.4. The lowest BCUT2D eigenvalue weighted by Crippen LogP contribution is -2.10. The molecule has 1 heterocycles. The molecule has 0 N–H and O–H groups in total. The van der Waals surface area contributed by atoms with Crippen molar-refractivity contribution in [1.29, 1.82) is 0 Å². The van der Waals surface area contributed by atoms with Crippen molar-refractivity contribution >= 4 is 71.3 Å². The van der Waals surface area contributed by atoms with E-state index in [0.717, 1.165) is 50.1 Å². The summed E-state index contributed by atoms with van der Waals surface area (Å²) in [4.78, 5) is 2.40. The van der Waals surface area contributed by atoms with E-state index in [2.05, 4.69) is 217 Å². The second-order valence-corrected chi connectivity index (χ2v) is 14.5. The van der Waals surface area contributed by atoms with Crippen LogP contribution in [-0.4, -0.2) is 0 Å². The fourth-order valence-electron chi connectivity index (χ4n) is 8.53. The second-order valence-electron chi connectivity index (χ2n) is 14.5. The molecule has 0 fully saturated rings. The first kappa shape index (κ1) is 32.0. The molecule has 0 aliphatic rings. The molecule has 56 heavy (non-hydrogen) atoms. The van der Waals surface area contributed by atoms with E-state index in [1.54, 1.807) is 0 Å². The summed E-state index contributed by atoms with van der Waals surface area (Å²) >= 11 is 0. The summed E-state index contributed by atoms with van der Waals surface area (Å²) in [7, 11) is 0. The zero-order valence-electron chi connectivity index (χ0n) is 30.6. The summed E-state index contributed by atoms with van der Waals surface area (Å²) in [6.45, 7) is 0. The van der Waals surface area contributed by atoms with Gasteiger partial charge in [0.1, 0.15) is 11.2 Å². The van der Waals surface area contributed by atoms with Crippen LogP contribution >= 0.6 is 0 Å². The third-order valence-electron chi connectivity index (χ3n) is 11.3.